The van der Waals surface area contributed by atoms with E-state index in [9.17, 15) is 9.59 Å². The van der Waals surface area contributed by atoms with Gasteiger partial charge < -0.3 is 14.8 Å². The third-order valence-electron chi connectivity index (χ3n) is 5.05. The Labute approximate surface area is 154 Å². The third-order valence-corrected chi connectivity index (χ3v) is 5.05. The van der Waals surface area contributed by atoms with E-state index in [2.05, 4.69) is 17.6 Å². The van der Waals surface area contributed by atoms with E-state index in [0.29, 0.717) is 36.4 Å². The summed E-state index contributed by atoms with van der Waals surface area (Å²) in [6, 6.07) is 5.01. The molecule has 1 aliphatic heterocycles. The van der Waals surface area contributed by atoms with Crippen LogP contribution in [0.4, 0.5) is 10.5 Å². The van der Waals surface area contributed by atoms with Gasteiger partial charge in [0.15, 0.2) is 11.5 Å². The van der Waals surface area contributed by atoms with E-state index in [4.69, 9.17) is 9.47 Å². The fourth-order valence-corrected chi connectivity index (χ4v) is 3.49. The monoisotopic (exact) mass is 361 g/mol. The van der Waals surface area contributed by atoms with Crippen LogP contribution in [0.25, 0.3) is 0 Å². The maximum Gasteiger partial charge on any atom is 0.325 e. The second-order valence-electron chi connectivity index (χ2n) is 7.19. The molecule has 0 unspecified atom stereocenters. The van der Waals surface area contributed by atoms with Crippen LogP contribution in [0.3, 0.4) is 0 Å². The van der Waals surface area contributed by atoms with E-state index in [-0.39, 0.29) is 12.5 Å². The van der Waals surface area contributed by atoms with Crippen molar-refractivity contribution in [2.24, 2.45) is 5.92 Å². The molecule has 3 amide bonds. The average molecular weight is 361 g/mol. The Morgan fingerprint density at radius 1 is 1.12 bits per heavy atom. The number of anilines is 1. The molecule has 3 rings (SSSR count). The average Bonchev–Trinajstić information content (AvgIpc) is 2.61. The number of fused-ring (bicyclic) bond motifs is 1. The van der Waals surface area contributed by atoms with Crippen LogP contribution in [0.1, 0.15) is 32.6 Å². The summed E-state index contributed by atoms with van der Waals surface area (Å²) in [4.78, 5) is 26.2. The number of carbonyl (C=O) groups is 2. The first-order chi connectivity index (χ1) is 12.5. The number of benzene rings is 1. The summed E-state index contributed by atoms with van der Waals surface area (Å²) in [5.74, 6) is 1.71. The Bertz CT molecular complexity index is 656. The summed E-state index contributed by atoms with van der Waals surface area (Å²) in [5, 5.41) is 5.04. The summed E-state index contributed by atoms with van der Waals surface area (Å²) >= 11 is 0. The van der Waals surface area contributed by atoms with Gasteiger partial charge in [-0.25, -0.2) is 4.79 Å². The lowest BCUT2D eigenvalue weighted by atomic mass is 9.87. The number of likely N-dealkylation sites (N-methyl/N-ethyl adjacent to an activating group) is 1. The van der Waals surface area contributed by atoms with Crippen LogP contribution in [0.2, 0.25) is 0 Å². The van der Waals surface area contributed by atoms with Gasteiger partial charge in [0.05, 0.1) is 6.54 Å². The number of hydrogen-bond donors (Lipinski definition) is 2. The minimum absolute atomic E-state index is 0.216. The highest BCUT2D eigenvalue weighted by Gasteiger charge is 2.23. The molecule has 1 saturated carbocycles. The van der Waals surface area contributed by atoms with Gasteiger partial charge in [0, 0.05) is 17.8 Å². The van der Waals surface area contributed by atoms with Gasteiger partial charge in [-0.05, 0) is 50.8 Å². The van der Waals surface area contributed by atoms with Crippen molar-refractivity contribution < 1.29 is 19.1 Å². The normalized spacial score (nSPS) is 22.0. The molecule has 2 N–H and O–H groups in total. The van der Waals surface area contributed by atoms with E-state index in [1.165, 1.54) is 12.8 Å². The van der Waals surface area contributed by atoms with E-state index >= 15 is 0 Å². The lowest BCUT2D eigenvalue weighted by Crippen LogP contribution is -2.44. The highest BCUT2D eigenvalue weighted by atomic mass is 16.6. The molecule has 1 aromatic carbocycles. The zero-order valence-corrected chi connectivity index (χ0v) is 15.4. The molecular weight excluding hydrogens is 334 g/mol. The largest absolute Gasteiger partial charge is 0.486 e. The fourth-order valence-electron chi connectivity index (χ4n) is 3.49. The molecule has 142 valence electrons. The van der Waals surface area contributed by atoms with Gasteiger partial charge in [-0.3, -0.25) is 15.0 Å². The Kier molecular flexibility index (Phi) is 5.98. The molecule has 26 heavy (non-hydrogen) atoms. The van der Waals surface area contributed by atoms with Gasteiger partial charge in [0.2, 0.25) is 5.91 Å². The molecule has 1 aromatic rings. The first-order valence-electron chi connectivity index (χ1n) is 9.22. The molecular formula is C19H27N3O4. The molecule has 1 fully saturated rings. The number of rotatable bonds is 4. The first-order valence-corrected chi connectivity index (χ1v) is 9.22. The number of urea groups is 1. The summed E-state index contributed by atoms with van der Waals surface area (Å²) < 4.78 is 10.9. The number of nitrogens with one attached hydrogen (secondary N) is 2. The molecule has 0 bridgehead atoms. The Balaban J connectivity index is 1.46. The minimum atomic E-state index is -0.544. The molecule has 2 aliphatic rings. The second kappa shape index (κ2) is 8.40. The molecule has 7 nitrogen and oxygen atoms in total. The van der Waals surface area contributed by atoms with Gasteiger partial charge >= 0.3 is 6.03 Å². The topological polar surface area (TPSA) is 79.9 Å². The lowest BCUT2D eigenvalue weighted by molar-refractivity contribution is -0.121. The van der Waals surface area contributed by atoms with Crippen LogP contribution in [-0.4, -0.2) is 49.7 Å². The number of nitrogens with zero attached hydrogens (tertiary/aromatic N) is 1. The van der Waals surface area contributed by atoms with Crippen LogP contribution in [0.5, 0.6) is 11.5 Å². The Hall–Kier alpha value is -2.28. The standard InChI is InChI=1S/C19H27N3O4/c1-13-3-6-15(7-4-13)22(2)12-18(23)21-19(24)20-14-5-8-16-17(11-14)26-10-9-25-16/h5,8,11,13,15H,3-4,6-7,9-10,12H2,1-2H3,(H2,20,21,23,24). The number of imide groups is 1. The number of ether oxygens (including phenoxy) is 2. The van der Waals surface area contributed by atoms with Crippen molar-refractivity contribution >= 4 is 17.6 Å². The SMILES string of the molecule is CC1CCC(N(C)CC(=O)NC(=O)Nc2ccc3c(c2)OCCO3)CC1. The van der Waals surface area contributed by atoms with Crippen molar-refractivity contribution in [3.8, 4) is 11.5 Å². The summed E-state index contributed by atoms with van der Waals surface area (Å²) in [7, 11) is 1.94. The predicted octanol–water partition coefficient (Wildman–Crippen LogP) is 2.62. The molecule has 0 saturated heterocycles. The zero-order chi connectivity index (χ0) is 18.5. The van der Waals surface area contributed by atoms with Crippen LogP contribution in [-0.2, 0) is 4.79 Å². The highest BCUT2D eigenvalue weighted by Crippen LogP contribution is 2.32. The van der Waals surface area contributed by atoms with Gasteiger partial charge in [0.1, 0.15) is 13.2 Å². The van der Waals surface area contributed by atoms with Crippen molar-refractivity contribution in [1.29, 1.82) is 0 Å². The molecule has 0 radical (unpaired) electrons. The van der Waals surface area contributed by atoms with Crippen molar-refractivity contribution in [3.63, 3.8) is 0 Å². The van der Waals surface area contributed by atoms with E-state index in [1.54, 1.807) is 18.2 Å². The Morgan fingerprint density at radius 2 is 1.81 bits per heavy atom. The van der Waals surface area contributed by atoms with Crippen LogP contribution in [0, 0.1) is 5.92 Å². The summed E-state index contributed by atoms with van der Waals surface area (Å²) in [5.41, 5.74) is 0.550. The number of hydrogen-bond acceptors (Lipinski definition) is 5. The summed E-state index contributed by atoms with van der Waals surface area (Å²) in [6.45, 7) is 3.48. The number of amides is 3. The lowest BCUT2D eigenvalue weighted by Gasteiger charge is -2.33. The fraction of sp³-hybridized carbons (Fsp3) is 0.579. The van der Waals surface area contributed by atoms with Crippen molar-refractivity contribution in [3.05, 3.63) is 18.2 Å². The smallest absolute Gasteiger partial charge is 0.325 e. The molecule has 0 aromatic heterocycles. The van der Waals surface area contributed by atoms with Gasteiger partial charge in [-0.15, -0.1) is 0 Å². The highest BCUT2D eigenvalue weighted by molar-refractivity contribution is 6.01. The van der Waals surface area contributed by atoms with Crippen molar-refractivity contribution in [2.75, 3.05) is 32.1 Å². The molecule has 7 heteroatoms. The minimum Gasteiger partial charge on any atom is -0.486 e. The Morgan fingerprint density at radius 3 is 2.54 bits per heavy atom. The molecule has 1 aliphatic carbocycles. The zero-order valence-electron chi connectivity index (χ0n) is 15.4. The van der Waals surface area contributed by atoms with E-state index in [1.807, 2.05) is 11.9 Å². The first kappa shape index (κ1) is 18.5. The van der Waals surface area contributed by atoms with E-state index < -0.39 is 6.03 Å². The molecule has 1 heterocycles. The quantitative estimate of drug-likeness (QED) is 0.862. The maximum atomic E-state index is 12.1. The summed E-state index contributed by atoms with van der Waals surface area (Å²) in [6.07, 6.45) is 4.60. The molecule has 0 atom stereocenters. The van der Waals surface area contributed by atoms with Gasteiger partial charge in [-0.2, -0.15) is 0 Å². The van der Waals surface area contributed by atoms with Crippen LogP contribution < -0.4 is 20.1 Å². The predicted molar refractivity (Wildman–Crippen MR) is 98.6 cm³/mol. The van der Waals surface area contributed by atoms with Crippen LogP contribution >= 0.6 is 0 Å². The van der Waals surface area contributed by atoms with Crippen LogP contribution in [0.15, 0.2) is 18.2 Å². The van der Waals surface area contributed by atoms with Crippen molar-refractivity contribution in [2.45, 2.75) is 38.6 Å². The third kappa shape index (κ3) is 4.88. The van der Waals surface area contributed by atoms with Crippen molar-refractivity contribution in [1.82, 2.24) is 10.2 Å². The second-order valence-corrected chi connectivity index (χ2v) is 7.19. The van der Waals surface area contributed by atoms with Gasteiger partial charge in [0.25, 0.3) is 0 Å². The number of carbonyl (C=O) groups excluding carboxylic acids is 2. The molecule has 0 spiro atoms. The van der Waals surface area contributed by atoms with E-state index in [0.717, 1.165) is 18.8 Å². The van der Waals surface area contributed by atoms with Gasteiger partial charge in [-0.1, -0.05) is 6.92 Å². The maximum absolute atomic E-state index is 12.1.